The molecule has 0 aromatic heterocycles. The van der Waals surface area contributed by atoms with Crippen LogP contribution in [0.3, 0.4) is 0 Å². The predicted octanol–water partition coefficient (Wildman–Crippen LogP) is 0.488. The minimum atomic E-state index is -0.734. The van der Waals surface area contributed by atoms with E-state index in [-0.39, 0.29) is 11.8 Å². The predicted molar refractivity (Wildman–Crippen MR) is 67.6 cm³/mol. The maximum absolute atomic E-state index is 12.1. The third-order valence-corrected chi connectivity index (χ3v) is 2.91. The Hall–Kier alpha value is -1.56. The molecule has 1 unspecified atom stereocenters. The normalized spacial score (nSPS) is 18.5. The van der Waals surface area contributed by atoms with Gasteiger partial charge in [0, 0.05) is 12.8 Å². The lowest BCUT2D eigenvalue weighted by Crippen LogP contribution is -2.60. The molecule has 1 aliphatic rings. The molecule has 6 heteroatoms. The second-order valence-electron chi connectivity index (χ2n) is 4.88. The van der Waals surface area contributed by atoms with E-state index >= 15 is 0 Å². The molecule has 0 aliphatic heterocycles. The van der Waals surface area contributed by atoms with Crippen LogP contribution in [0.15, 0.2) is 12.2 Å². The van der Waals surface area contributed by atoms with E-state index < -0.39 is 17.8 Å². The van der Waals surface area contributed by atoms with E-state index in [1.165, 1.54) is 7.11 Å². The smallest absolute Gasteiger partial charge is 0.407 e. The molecule has 1 aliphatic carbocycles. The van der Waals surface area contributed by atoms with Crippen molar-refractivity contribution in [3.63, 3.8) is 0 Å². The van der Waals surface area contributed by atoms with Crippen molar-refractivity contribution >= 4 is 12.0 Å². The van der Waals surface area contributed by atoms with Crippen LogP contribution in [0.4, 0.5) is 4.79 Å². The molecule has 0 fully saturated rings. The van der Waals surface area contributed by atoms with Crippen LogP contribution < -0.4 is 16.4 Å². The number of rotatable bonds is 4. The van der Waals surface area contributed by atoms with Crippen molar-refractivity contribution < 1.29 is 14.3 Å². The number of hydrogen-bond acceptors (Lipinski definition) is 4. The molecule has 0 aromatic rings. The van der Waals surface area contributed by atoms with Crippen molar-refractivity contribution in [3.05, 3.63) is 12.2 Å². The number of amides is 2. The molecular formula is C12H21N3O3. The van der Waals surface area contributed by atoms with E-state index in [2.05, 4.69) is 15.4 Å². The maximum Gasteiger partial charge on any atom is 0.407 e. The zero-order chi connectivity index (χ0) is 13.8. The fraction of sp³-hybridized carbons (Fsp3) is 0.667. The van der Waals surface area contributed by atoms with Gasteiger partial charge in [0.1, 0.15) is 6.04 Å². The lowest BCUT2D eigenvalue weighted by Gasteiger charge is -2.29. The highest BCUT2D eigenvalue weighted by molar-refractivity contribution is 5.86. The molecule has 0 bridgehead atoms. The van der Waals surface area contributed by atoms with Crippen LogP contribution in [0.2, 0.25) is 0 Å². The largest absolute Gasteiger partial charge is 0.453 e. The summed E-state index contributed by atoms with van der Waals surface area (Å²) in [6.45, 7) is 3.69. The summed E-state index contributed by atoms with van der Waals surface area (Å²) in [7, 11) is 1.26. The van der Waals surface area contributed by atoms with Gasteiger partial charge in [-0.25, -0.2) is 4.79 Å². The molecule has 4 N–H and O–H groups in total. The van der Waals surface area contributed by atoms with Crippen molar-refractivity contribution in [2.75, 3.05) is 7.11 Å². The van der Waals surface area contributed by atoms with E-state index in [0.717, 1.165) is 0 Å². The van der Waals surface area contributed by atoms with Gasteiger partial charge in [-0.3, -0.25) is 4.79 Å². The maximum atomic E-state index is 12.1. The van der Waals surface area contributed by atoms with E-state index in [9.17, 15) is 9.59 Å². The lowest BCUT2D eigenvalue weighted by molar-refractivity contribution is -0.125. The van der Waals surface area contributed by atoms with Gasteiger partial charge in [0.2, 0.25) is 5.91 Å². The molecule has 1 atom stereocenters. The van der Waals surface area contributed by atoms with Crippen LogP contribution in [0, 0.1) is 5.92 Å². The van der Waals surface area contributed by atoms with Gasteiger partial charge >= 0.3 is 6.09 Å². The Morgan fingerprint density at radius 2 is 1.89 bits per heavy atom. The first kappa shape index (κ1) is 14.5. The second-order valence-corrected chi connectivity index (χ2v) is 4.88. The Bertz CT molecular complexity index is 344. The Morgan fingerprint density at radius 1 is 1.33 bits per heavy atom. The topological polar surface area (TPSA) is 93.4 Å². The zero-order valence-electron chi connectivity index (χ0n) is 11.0. The van der Waals surface area contributed by atoms with E-state index in [1.807, 2.05) is 26.0 Å². The van der Waals surface area contributed by atoms with Crippen molar-refractivity contribution in [1.82, 2.24) is 10.6 Å². The number of carbonyl (C=O) groups excluding carboxylic acids is 2. The van der Waals surface area contributed by atoms with Gasteiger partial charge in [0.25, 0.3) is 0 Å². The summed E-state index contributed by atoms with van der Waals surface area (Å²) >= 11 is 0. The molecule has 6 nitrogen and oxygen atoms in total. The summed E-state index contributed by atoms with van der Waals surface area (Å²) in [6.07, 6.45) is 4.43. The van der Waals surface area contributed by atoms with E-state index in [4.69, 9.17) is 5.73 Å². The fourth-order valence-corrected chi connectivity index (χ4v) is 1.82. The van der Waals surface area contributed by atoms with Gasteiger partial charge in [0.05, 0.1) is 12.8 Å². The number of nitrogens with one attached hydrogen (secondary N) is 2. The number of methoxy groups -OCH3 is 1. The fourth-order valence-electron chi connectivity index (χ4n) is 1.82. The van der Waals surface area contributed by atoms with Crippen molar-refractivity contribution in [2.24, 2.45) is 11.7 Å². The summed E-state index contributed by atoms with van der Waals surface area (Å²) < 4.78 is 4.50. The van der Waals surface area contributed by atoms with Gasteiger partial charge in [0.15, 0.2) is 0 Å². The van der Waals surface area contributed by atoms with E-state index in [1.54, 1.807) is 0 Å². The second kappa shape index (κ2) is 5.86. The minimum Gasteiger partial charge on any atom is -0.453 e. The van der Waals surface area contributed by atoms with Crippen LogP contribution in [-0.2, 0) is 9.53 Å². The van der Waals surface area contributed by atoms with Gasteiger partial charge in [-0.15, -0.1) is 0 Å². The SMILES string of the molecule is COC(=O)NC(C(=O)NC1(N)CC=CC1)C(C)C. The first-order valence-corrected chi connectivity index (χ1v) is 5.98. The zero-order valence-corrected chi connectivity index (χ0v) is 11.0. The summed E-state index contributed by atoms with van der Waals surface area (Å²) in [6, 6.07) is -0.654. The van der Waals surface area contributed by atoms with Crippen LogP contribution in [-0.4, -0.2) is 30.8 Å². The summed E-state index contributed by atoms with van der Waals surface area (Å²) in [5, 5.41) is 5.28. The number of ether oxygens (including phenoxy) is 1. The molecule has 0 radical (unpaired) electrons. The molecule has 0 saturated heterocycles. The highest BCUT2D eigenvalue weighted by atomic mass is 16.5. The molecule has 0 aromatic carbocycles. The van der Waals surface area contributed by atoms with Gasteiger partial charge in [-0.05, 0) is 5.92 Å². The Labute approximate surface area is 107 Å². The van der Waals surface area contributed by atoms with Crippen LogP contribution in [0.25, 0.3) is 0 Å². The molecule has 0 spiro atoms. The van der Waals surface area contributed by atoms with Gasteiger partial charge in [-0.2, -0.15) is 0 Å². The van der Waals surface area contributed by atoms with Crippen molar-refractivity contribution in [2.45, 2.75) is 38.4 Å². The molecule has 0 saturated carbocycles. The monoisotopic (exact) mass is 255 g/mol. The number of alkyl carbamates (subject to hydrolysis) is 1. The molecule has 2 amide bonds. The van der Waals surface area contributed by atoms with E-state index in [0.29, 0.717) is 12.8 Å². The third kappa shape index (κ3) is 3.73. The highest BCUT2D eigenvalue weighted by Gasteiger charge is 2.32. The average molecular weight is 255 g/mol. The van der Waals surface area contributed by atoms with Crippen molar-refractivity contribution in [1.29, 1.82) is 0 Å². The summed E-state index contributed by atoms with van der Waals surface area (Å²) in [4.78, 5) is 23.3. The highest BCUT2D eigenvalue weighted by Crippen LogP contribution is 2.18. The average Bonchev–Trinajstić information content (AvgIpc) is 2.71. The quantitative estimate of drug-likeness (QED) is 0.503. The van der Waals surface area contributed by atoms with Crippen LogP contribution in [0.5, 0.6) is 0 Å². The van der Waals surface area contributed by atoms with Gasteiger partial charge in [-0.1, -0.05) is 26.0 Å². The molecule has 18 heavy (non-hydrogen) atoms. The minimum absolute atomic E-state index is 0.0536. The number of carbonyl (C=O) groups is 2. The van der Waals surface area contributed by atoms with Crippen molar-refractivity contribution in [3.8, 4) is 0 Å². The van der Waals surface area contributed by atoms with Crippen LogP contribution in [0.1, 0.15) is 26.7 Å². The van der Waals surface area contributed by atoms with Crippen LogP contribution >= 0.6 is 0 Å². The molecule has 1 rings (SSSR count). The number of nitrogens with two attached hydrogens (primary N) is 1. The molecule has 102 valence electrons. The Morgan fingerprint density at radius 3 is 2.33 bits per heavy atom. The first-order chi connectivity index (χ1) is 8.38. The first-order valence-electron chi connectivity index (χ1n) is 5.98. The Kier molecular flexibility index (Phi) is 4.72. The third-order valence-electron chi connectivity index (χ3n) is 2.91. The standard InChI is InChI=1S/C12H21N3O3/c1-8(2)9(14-11(17)18-3)10(16)15-12(13)6-4-5-7-12/h4-5,8-9H,6-7,13H2,1-3H3,(H,14,17)(H,15,16). The summed E-state index contributed by atoms with van der Waals surface area (Å²) in [5.74, 6) is -0.344. The molecular weight excluding hydrogens is 234 g/mol. The lowest BCUT2D eigenvalue weighted by atomic mass is 10.0. The number of hydrogen-bond donors (Lipinski definition) is 3. The Balaban J connectivity index is 2.62. The van der Waals surface area contributed by atoms with Gasteiger partial charge < -0.3 is 21.1 Å². The molecule has 0 heterocycles. The summed E-state index contributed by atoms with van der Waals surface area (Å²) in [5.41, 5.74) is 5.29.